The summed E-state index contributed by atoms with van der Waals surface area (Å²) in [7, 11) is 0. The first-order valence-electron chi connectivity index (χ1n) is 7.72. The molecule has 2 atom stereocenters. The minimum atomic E-state index is 0.609. The van der Waals surface area contributed by atoms with Gasteiger partial charge in [0.05, 0.1) is 0 Å². The smallest absolute Gasteiger partial charge is 0.129 e. The fourth-order valence-corrected chi connectivity index (χ4v) is 3.90. The van der Waals surface area contributed by atoms with E-state index in [9.17, 15) is 0 Å². The van der Waals surface area contributed by atoms with Crippen LogP contribution >= 0.6 is 0 Å². The molecule has 1 aliphatic carbocycles. The van der Waals surface area contributed by atoms with Gasteiger partial charge in [-0.2, -0.15) is 0 Å². The molecule has 19 heavy (non-hydrogen) atoms. The first-order chi connectivity index (χ1) is 9.28. The molecule has 1 aliphatic heterocycles. The molecule has 2 N–H and O–H groups in total. The predicted octanol–water partition coefficient (Wildman–Crippen LogP) is 3.01. The number of anilines is 1. The molecule has 3 heteroatoms. The molecule has 1 aromatic rings. The lowest BCUT2D eigenvalue weighted by atomic mass is 9.78. The molecular formula is C16H25N3. The van der Waals surface area contributed by atoms with Crippen LogP contribution in [0, 0.1) is 12.8 Å². The number of piperidine rings is 1. The van der Waals surface area contributed by atoms with Gasteiger partial charge in [-0.3, -0.25) is 0 Å². The number of hydrogen-bond acceptors (Lipinski definition) is 3. The Kier molecular flexibility index (Phi) is 3.74. The van der Waals surface area contributed by atoms with E-state index in [1.807, 2.05) is 0 Å². The van der Waals surface area contributed by atoms with Crippen molar-refractivity contribution >= 4 is 5.82 Å². The molecule has 2 unspecified atom stereocenters. The Bertz CT molecular complexity index is 442. The van der Waals surface area contributed by atoms with Crippen LogP contribution in [0.5, 0.6) is 0 Å². The second kappa shape index (κ2) is 5.49. The summed E-state index contributed by atoms with van der Waals surface area (Å²) in [5.74, 6) is 2.06. The van der Waals surface area contributed by atoms with Crippen LogP contribution in [0.1, 0.15) is 49.8 Å². The van der Waals surface area contributed by atoms with E-state index in [0.717, 1.165) is 23.5 Å². The number of rotatable bonds is 2. The van der Waals surface area contributed by atoms with Gasteiger partial charge < -0.3 is 10.6 Å². The number of aryl methyl sites for hydroxylation is 1. The molecule has 3 rings (SSSR count). The third kappa shape index (κ3) is 2.62. The molecule has 2 fully saturated rings. The topological polar surface area (TPSA) is 42.1 Å². The Morgan fingerprint density at radius 2 is 2.00 bits per heavy atom. The van der Waals surface area contributed by atoms with Crippen molar-refractivity contribution in [1.29, 1.82) is 0 Å². The van der Waals surface area contributed by atoms with Gasteiger partial charge in [-0.05, 0) is 56.2 Å². The molecule has 0 aromatic carbocycles. The summed E-state index contributed by atoms with van der Waals surface area (Å²) in [6, 6.07) is 5.03. The molecule has 0 radical (unpaired) electrons. The maximum atomic E-state index is 5.80. The summed E-state index contributed by atoms with van der Waals surface area (Å²) < 4.78 is 0. The van der Waals surface area contributed by atoms with E-state index in [2.05, 4.69) is 24.0 Å². The van der Waals surface area contributed by atoms with Crippen molar-refractivity contribution in [2.75, 3.05) is 11.4 Å². The van der Waals surface area contributed by atoms with Gasteiger partial charge >= 0.3 is 0 Å². The molecule has 0 amide bonds. The molecule has 1 saturated heterocycles. The molecule has 1 saturated carbocycles. The van der Waals surface area contributed by atoms with E-state index in [0.29, 0.717) is 6.54 Å². The van der Waals surface area contributed by atoms with Crippen LogP contribution in [0.15, 0.2) is 12.1 Å². The number of hydrogen-bond donors (Lipinski definition) is 1. The highest BCUT2D eigenvalue weighted by molar-refractivity contribution is 5.44. The van der Waals surface area contributed by atoms with E-state index < -0.39 is 0 Å². The maximum Gasteiger partial charge on any atom is 0.129 e. The highest BCUT2D eigenvalue weighted by Gasteiger charge is 2.33. The summed E-state index contributed by atoms with van der Waals surface area (Å²) in [6.45, 7) is 3.85. The molecular weight excluding hydrogens is 234 g/mol. The Balaban J connectivity index is 1.89. The summed E-state index contributed by atoms with van der Waals surface area (Å²) in [4.78, 5) is 7.34. The van der Waals surface area contributed by atoms with Crippen LogP contribution in [0.2, 0.25) is 0 Å². The van der Waals surface area contributed by atoms with Crippen molar-refractivity contribution in [2.45, 2.75) is 58.0 Å². The monoisotopic (exact) mass is 259 g/mol. The molecule has 104 valence electrons. The van der Waals surface area contributed by atoms with Crippen LogP contribution in [0.3, 0.4) is 0 Å². The molecule has 0 spiro atoms. The van der Waals surface area contributed by atoms with Gasteiger partial charge in [-0.15, -0.1) is 0 Å². The van der Waals surface area contributed by atoms with Crippen LogP contribution in [-0.4, -0.2) is 17.6 Å². The zero-order valence-corrected chi connectivity index (χ0v) is 11.9. The zero-order valence-electron chi connectivity index (χ0n) is 11.9. The Morgan fingerprint density at radius 3 is 2.84 bits per heavy atom. The number of nitrogens with zero attached hydrogens (tertiary/aromatic N) is 2. The fourth-order valence-electron chi connectivity index (χ4n) is 3.90. The van der Waals surface area contributed by atoms with Crippen molar-refractivity contribution < 1.29 is 0 Å². The SMILES string of the molecule is Cc1cc(CN)cc(N2CCCC3CCCCC32)n1. The number of pyridine rings is 1. The average Bonchev–Trinajstić information content (AvgIpc) is 2.46. The van der Waals surface area contributed by atoms with E-state index in [1.54, 1.807) is 0 Å². The normalized spacial score (nSPS) is 27.2. The first-order valence-corrected chi connectivity index (χ1v) is 7.72. The van der Waals surface area contributed by atoms with Crippen LogP contribution in [0.4, 0.5) is 5.82 Å². The minimum absolute atomic E-state index is 0.609. The van der Waals surface area contributed by atoms with Crippen molar-refractivity contribution in [2.24, 2.45) is 11.7 Å². The van der Waals surface area contributed by atoms with Gasteiger partial charge in [-0.1, -0.05) is 12.8 Å². The third-order valence-corrected chi connectivity index (χ3v) is 4.77. The van der Waals surface area contributed by atoms with Crippen molar-refractivity contribution in [3.63, 3.8) is 0 Å². The summed E-state index contributed by atoms with van der Waals surface area (Å²) in [5.41, 5.74) is 8.10. The number of fused-ring (bicyclic) bond motifs is 1. The van der Waals surface area contributed by atoms with E-state index in [-0.39, 0.29) is 0 Å². The summed E-state index contributed by atoms with van der Waals surface area (Å²) in [6.07, 6.45) is 8.29. The van der Waals surface area contributed by atoms with Crippen LogP contribution in [-0.2, 0) is 6.54 Å². The van der Waals surface area contributed by atoms with Crippen LogP contribution in [0.25, 0.3) is 0 Å². The van der Waals surface area contributed by atoms with Gasteiger partial charge in [0.15, 0.2) is 0 Å². The Labute approximate surface area is 116 Å². The highest BCUT2D eigenvalue weighted by atomic mass is 15.2. The largest absolute Gasteiger partial charge is 0.353 e. The van der Waals surface area contributed by atoms with Gasteiger partial charge in [0.2, 0.25) is 0 Å². The number of aromatic nitrogens is 1. The minimum Gasteiger partial charge on any atom is -0.353 e. The van der Waals surface area contributed by atoms with Gasteiger partial charge in [0.1, 0.15) is 5.82 Å². The quantitative estimate of drug-likeness (QED) is 0.887. The third-order valence-electron chi connectivity index (χ3n) is 4.77. The van der Waals surface area contributed by atoms with Crippen LogP contribution < -0.4 is 10.6 Å². The van der Waals surface area contributed by atoms with Gasteiger partial charge in [-0.25, -0.2) is 4.98 Å². The average molecular weight is 259 g/mol. The fraction of sp³-hybridized carbons (Fsp3) is 0.688. The molecule has 3 nitrogen and oxygen atoms in total. The lowest BCUT2D eigenvalue weighted by Gasteiger charge is -2.45. The van der Waals surface area contributed by atoms with Crippen molar-refractivity contribution in [3.8, 4) is 0 Å². The molecule has 0 bridgehead atoms. The predicted molar refractivity (Wildman–Crippen MR) is 79.2 cm³/mol. The van der Waals surface area contributed by atoms with E-state index in [1.165, 1.54) is 50.6 Å². The highest BCUT2D eigenvalue weighted by Crippen LogP contribution is 2.37. The first kappa shape index (κ1) is 12.9. The summed E-state index contributed by atoms with van der Waals surface area (Å²) in [5, 5.41) is 0. The van der Waals surface area contributed by atoms with Crippen molar-refractivity contribution in [1.82, 2.24) is 4.98 Å². The lowest BCUT2D eigenvalue weighted by molar-refractivity contribution is 0.242. The number of nitrogens with two attached hydrogens (primary N) is 1. The standard InChI is InChI=1S/C16H25N3/c1-12-9-13(11-17)10-16(18-12)19-8-4-6-14-5-2-3-7-15(14)19/h9-10,14-15H,2-8,11,17H2,1H3. The summed E-state index contributed by atoms with van der Waals surface area (Å²) >= 11 is 0. The molecule has 1 aromatic heterocycles. The van der Waals surface area contributed by atoms with Gasteiger partial charge in [0.25, 0.3) is 0 Å². The Hall–Kier alpha value is -1.09. The Morgan fingerprint density at radius 1 is 1.21 bits per heavy atom. The molecule has 2 aliphatic rings. The second-order valence-corrected chi connectivity index (χ2v) is 6.13. The maximum absolute atomic E-state index is 5.80. The lowest BCUT2D eigenvalue weighted by Crippen LogP contribution is -2.47. The van der Waals surface area contributed by atoms with Gasteiger partial charge in [0, 0.05) is 24.8 Å². The van der Waals surface area contributed by atoms with E-state index in [4.69, 9.17) is 10.7 Å². The van der Waals surface area contributed by atoms with E-state index >= 15 is 0 Å². The second-order valence-electron chi connectivity index (χ2n) is 6.13. The van der Waals surface area contributed by atoms with Crippen molar-refractivity contribution in [3.05, 3.63) is 23.4 Å². The zero-order chi connectivity index (χ0) is 13.2. The molecule has 2 heterocycles.